The van der Waals surface area contributed by atoms with Gasteiger partial charge in [-0.3, -0.25) is 9.69 Å². The van der Waals surface area contributed by atoms with Gasteiger partial charge >= 0.3 is 5.97 Å². The van der Waals surface area contributed by atoms with E-state index < -0.39 is 0 Å². The summed E-state index contributed by atoms with van der Waals surface area (Å²) >= 11 is 0. The Morgan fingerprint density at radius 2 is 1.88 bits per heavy atom. The molecule has 2 aromatic rings. The van der Waals surface area contributed by atoms with Crippen LogP contribution < -0.4 is 5.32 Å². The Labute approximate surface area is 150 Å². The summed E-state index contributed by atoms with van der Waals surface area (Å²) in [5, 5.41) is 6.15. The van der Waals surface area contributed by atoms with Crippen molar-refractivity contribution >= 4 is 16.7 Å². The van der Waals surface area contributed by atoms with Crippen molar-refractivity contribution in [3.05, 3.63) is 47.5 Å². The molecule has 4 nitrogen and oxygen atoms in total. The maximum Gasteiger partial charge on any atom is 0.308 e. The monoisotopic (exact) mass is 340 g/mol. The summed E-state index contributed by atoms with van der Waals surface area (Å²) in [5.41, 5.74) is 2.87. The Morgan fingerprint density at radius 1 is 1.16 bits per heavy atom. The van der Waals surface area contributed by atoms with E-state index in [-0.39, 0.29) is 13.3 Å². The molecule has 2 fully saturated rings. The normalized spacial score (nSPS) is 19.7. The van der Waals surface area contributed by atoms with E-state index in [1.807, 2.05) is 0 Å². The van der Waals surface area contributed by atoms with Crippen molar-refractivity contribution in [2.24, 2.45) is 5.92 Å². The van der Waals surface area contributed by atoms with Gasteiger partial charge in [-0.25, -0.2) is 0 Å². The van der Waals surface area contributed by atoms with E-state index in [9.17, 15) is 4.79 Å². The van der Waals surface area contributed by atoms with Gasteiger partial charge in [0.15, 0.2) is 0 Å². The predicted molar refractivity (Wildman–Crippen MR) is 102 cm³/mol. The highest BCUT2D eigenvalue weighted by Crippen LogP contribution is 2.31. The summed E-state index contributed by atoms with van der Waals surface area (Å²) in [7, 11) is 1.49. The fourth-order valence-electron chi connectivity index (χ4n) is 4.12. The highest BCUT2D eigenvalue weighted by Gasteiger charge is 2.26. The molecule has 25 heavy (non-hydrogen) atoms. The van der Waals surface area contributed by atoms with Gasteiger partial charge in [0.25, 0.3) is 0 Å². The third-order valence-electron chi connectivity index (χ3n) is 5.79. The summed E-state index contributed by atoms with van der Waals surface area (Å²) < 4.78 is 4.89. The van der Waals surface area contributed by atoms with Gasteiger partial charge in [0.05, 0.1) is 13.0 Å². The van der Waals surface area contributed by atoms with E-state index >= 15 is 0 Å². The van der Waals surface area contributed by atoms with E-state index in [1.165, 1.54) is 29.0 Å². The first-order valence-electron chi connectivity index (χ1n) is 9.27. The number of esters is 1. The van der Waals surface area contributed by atoms with E-state index in [1.54, 1.807) is 0 Å². The van der Waals surface area contributed by atoms with Crippen LogP contribution in [0.1, 0.15) is 31.3 Å². The van der Waals surface area contributed by atoms with Gasteiger partial charge < -0.3 is 10.1 Å². The zero-order valence-corrected chi connectivity index (χ0v) is 14.8. The van der Waals surface area contributed by atoms with Crippen LogP contribution in [0.4, 0.5) is 0 Å². The lowest BCUT2D eigenvalue weighted by Crippen LogP contribution is -2.40. The van der Waals surface area contributed by atoms with Gasteiger partial charge in [0.2, 0.25) is 0 Å². The Balaban J connectivity index is 0.00000196. The molecule has 4 rings (SSSR count). The minimum absolute atomic E-state index is 0. The van der Waals surface area contributed by atoms with Crippen molar-refractivity contribution in [3.8, 4) is 0 Å². The van der Waals surface area contributed by atoms with Crippen LogP contribution in [0, 0.1) is 5.92 Å². The molecule has 2 saturated heterocycles. The lowest BCUT2D eigenvalue weighted by molar-refractivity contribution is -0.147. The molecule has 134 valence electrons. The largest absolute Gasteiger partial charge is 0.469 e. The zero-order chi connectivity index (χ0) is 17.2. The number of fused-ring (bicyclic) bond motifs is 1. The fraction of sp³-hybridized carbons (Fsp3) is 0.476. The van der Waals surface area contributed by atoms with E-state index in [0.717, 1.165) is 45.6 Å². The second-order valence-electron chi connectivity index (χ2n) is 7.29. The van der Waals surface area contributed by atoms with Crippen molar-refractivity contribution in [2.45, 2.75) is 25.3 Å². The van der Waals surface area contributed by atoms with Crippen LogP contribution in [0.2, 0.25) is 0 Å². The Bertz CT molecular complexity index is 768. The van der Waals surface area contributed by atoms with Gasteiger partial charge in [0, 0.05) is 27.0 Å². The van der Waals surface area contributed by atoms with E-state index in [2.05, 4.69) is 46.6 Å². The Hall–Kier alpha value is -1.91. The molecular weight excluding hydrogens is 312 g/mol. The summed E-state index contributed by atoms with van der Waals surface area (Å²) in [6.07, 6.45) is 1.80. The molecule has 1 N–H and O–H groups in total. The highest BCUT2D eigenvalue weighted by molar-refractivity contribution is 5.89. The summed E-state index contributed by atoms with van der Waals surface area (Å²) in [4.78, 5) is 14.2. The van der Waals surface area contributed by atoms with Crippen molar-refractivity contribution in [3.63, 3.8) is 0 Å². The van der Waals surface area contributed by atoms with E-state index in [4.69, 9.17) is 4.74 Å². The molecule has 0 radical (unpaired) electrons. The number of rotatable bonds is 4. The van der Waals surface area contributed by atoms with Crippen molar-refractivity contribution < 1.29 is 11.0 Å². The van der Waals surface area contributed by atoms with Crippen LogP contribution in [0.15, 0.2) is 36.4 Å². The zero-order valence-electron chi connectivity index (χ0n) is 14.8. The number of carbonyl (C=O) groups is 1. The van der Waals surface area contributed by atoms with Crippen molar-refractivity contribution in [1.82, 2.24) is 10.2 Å². The molecule has 2 aliphatic rings. The third kappa shape index (κ3) is 3.29. The number of benzene rings is 2. The topological polar surface area (TPSA) is 41.6 Å². The minimum Gasteiger partial charge on any atom is -0.469 e. The second kappa shape index (κ2) is 7.14. The van der Waals surface area contributed by atoms with Crippen LogP contribution in [-0.4, -0.2) is 44.2 Å². The minimum atomic E-state index is -0.0523. The van der Waals surface area contributed by atoms with Gasteiger partial charge in [-0.15, -0.1) is 0 Å². The molecule has 0 aliphatic carbocycles. The van der Waals surface area contributed by atoms with Gasteiger partial charge in [-0.1, -0.05) is 36.4 Å². The summed E-state index contributed by atoms with van der Waals surface area (Å²) in [5.74, 6) is 0.671. The molecule has 0 unspecified atom stereocenters. The number of piperidine rings is 1. The van der Waals surface area contributed by atoms with Crippen LogP contribution >= 0.6 is 0 Å². The van der Waals surface area contributed by atoms with Crippen LogP contribution in [0.5, 0.6) is 0 Å². The average molecular weight is 340 g/mol. The van der Waals surface area contributed by atoms with Gasteiger partial charge in [0.1, 0.15) is 0 Å². The first-order valence-corrected chi connectivity index (χ1v) is 9.27. The summed E-state index contributed by atoms with van der Waals surface area (Å²) in [6, 6.07) is 13.4. The average Bonchev–Trinajstić information content (AvgIpc) is 2.62. The number of nitrogens with zero attached hydrogens (tertiary/aromatic N) is 1. The smallest absolute Gasteiger partial charge is 0.308 e. The standard InChI is InChI=1S/C21H26N2O2.H2/c1-25-21(24)15-8-10-23(11-9-15)14-16-6-7-19(17-12-22-13-17)20-5-3-2-4-18(16)20;/h2-7,15,17,22H,8-14H2,1H3;1H. The number of nitrogens with one attached hydrogen (secondary N) is 1. The molecule has 0 amide bonds. The third-order valence-corrected chi connectivity index (χ3v) is 5.79. The number of ether oxygens (including phenoxy) is 1. The quantitative estimate of drug-likeness (QED) is 0.868. The first-order chi connectivity index (χ1) is 12.3. The second-order valence-corrected chi connectivity index (χ2v) is 7.29. The lowest BCUT2D eigenvalue weighted by Gasteiger charge is -2.32. The Morgan fingerprint density at radius 3 is 2.52 bits per heavy atom. The van der Waals surface area contributed by atoms with Crippen LogP contribution in [0.3, 0.4) is 0 Å². The predicted octanol–water partition coefficient (Wildman–Crippen LogP) is 3.16. The van der Waals surface area contributed by atoms with Gasteiger partial charge in [-0.2, -0.15) is 0 Å². The molecule has 4 heteroatoms. The molecule has 0 bridgehead atoms. The number of likely N-dealkylation sites (tertiary alicyclic amines) is 1. The fourth-order valence-corrected chi connectivity index (χ4v) is 4.12. The highest BCUT2D eigenvalue weighted by atomic mass is 16.5. The van der Waals surface area contributed by atoms with Crippen molar-refractivity contribution in [1.29, 1.82) is 0 Å². The molecule has 0 atom stereocenters. The number of hydrogen-bond acceptors (Lipinski definition) is 4. The van der Waals surface area contributed by atoms with E-state index in [0.29, 0.717) is 5.92 Å². The van der Waals surface area contributed by atoms with Gasteiger partial charge in [-0.05, 0) is 47.8 Å². The molecule has 2 aromatic carbocycles. The molecule has 2 heterocycles. The first kappa shape index (κ1) is 16.6. The maximum atomic E-state index is 11.7. The van der Waals surface area contributed by atoms with Crippen molar-refractivity contribution in [2.75, 3.05) is 33.3 Å². The van der Waals surface area contributed by atoms with Crippen LogP contribution in [-0.2, 0) is 16.1 Å². The molecule has 0 spiro atoms. The Kier molecular flexibility index (Phi) is 4.73. The number of carbonyl (C=O) groups excluding carboxylic acids is 1. The molecule has 0 saturated carbocycles. The van der Waals surface area contributed by atoms with Crippen LogP contribution in [0.25, 0.3) is 10.8 Å². The molecular formula is C21H28N2O2. The molecule has 2 aliphatic heterocycles. The maximum absolute atomic E-state index is 11.7. The summed E-state index contributed by atoms with van der Waals surface area (Å²) in [6.45, 7) is 5.05. The number of hydrogen-bond donors (Lipinski definition) is 1. The molecule has 0 aromatic heterocycles. The lowest BCUT2D eigenvalue weighted by atomic mass is 9.87. The number of methoxy groups -OCH3 is 1. The SMILES string of the molecule is COC(=O)C1CCN(Cc2ccc(C3CNC3)c3ccccc23)CC1.[HH].